The van der Waals surface area contributed by atoms with E-state index in [0.717, 1.165) is 6.92 Å². The van der Waals surface area contributed by atoms with Crippen LogP contribution >= 0.6 is 0 Å². The van der Waals surface area contributed by atoms with Gasteiger partial charge in [0, 0.05) is 25.7 Å². The van der Waals surface area contributed by atoms with Crippen molar-refractivity contribution in [2.45, 2.75) is 26.1 Å². The first kappa shape index (κ1) is 12.3. The van der Waals surface area contributed by atoms with Crippen LogP contribution in [0.2, 0.25) is 0 Å². The monoisotopic (exact) mass is 224 g/mol. The molecule has 0 radical (unpaired) electrons. The minimum Gasteiger partial charge on any atom is -0.337 e. The largest absolute Gasteiger partial charge is 0.400 e. The molecule has 0 aromatic heterocycles. The molecular weight excluding hydrogens is 209 g/mol. The molecule has 1 heterocycles. The summed E-state index contributed by atoms with van der Waals surface area (Å²) in [4.78, 5) is 12.8. The number of piperazine rings is 1. The van der Waals surface area contributed by atoms with Crippen molar-refractivity contribution in [3.8, 4) is 0 Å². The van der Waals surface area contributed by atoms with Crippen LogP contribution in [0.4, 0.5) is 13.2 Å². The summed E-state index contributed by atoms with van der Waals surface area (Å²) in [7, 11) is 0. The molecule has 15 heavy (non-hydrogen) atoms. The second-order valence-electron chi connectivity index (χ2n) is 3.85. The quantitative estimate of drug-likeness (QED) is 0.720. The highest BCUT2D eigenvalue weighted by molar-refractivity contribution is 5.79. The van der Waals surface area contributed by atoms with Crippen LogP contribution in [0.5, 0.6) is 0 Å². The summed E-state index contributed by atoms with van der Waals surface area (Å²) in [5.74, 6) is -2.73. The maximum atomic E-state index is 12.3. The predicted octanol–water partition coefficient (Wildman–Crippen LogP) is 1.01. The van der Waals surface area contributed by atoms with E-state index < -0.39 is 18.0 Å². The van der Waals surface area contributed by atoms with E-state index in [1.54, 1.807) is 6.92 Å². The van der Waals surface area contributed by atoms with Gasteiger partial charge in [0.05, 0.1) is 0 Å². The van der Waals surface area contributed by atoms with E-state index in [9.17, 15) is 18.0 Å². The van der Waals surface area contributed by atoms with Gasteiger partial charge >= 0.3 is 6.18 Å². The Hall–Kier alpha value is -0.780. The minimum atomic E-state index is -4.44. The summed E-state index contributed by atoms with van der Waals surface area (Å²) in [5.41, 5.74) is 0. The van der Waals surface area contributed by atoms with E-state index in [-0.39, 0.29) is 6.04 Å². The molecule has 1 rings (SSSR count). The average Bonchev–Trinajstić information content (AvgIpc) is 2.15. The zero-order valence-electron chi connectivity index (χ0n) is 8.77. The number of nitrogens with zero attached hydrogens (tertiary/aromatic N) is 1. The van der Waals surface area contributed by atoms with Crippen molar-refractivity contribution in [1.82, 2.24) is 10.2 Å². The van der Waals surface area contributed by atoms with Crippen molar-refractivity contribution in [2.24, 2.45) is 5.92 Å². The lowest BCUT2D eigenvalue weighted by Gasteiger charge is -2.36. The van der Waals surface area contributed by atoms with Crippen LogP contribution in [-0.2, 0) is 4.79 Å². The zero-order valence-corrected chi connectivity index (χ0v) is 8.77. The Balaban J connectivity index is 2.66. The number of rotatable bonds is 1. The van der Waals surface area contributed by atoms with Crippen molar-refractivity contribution in [3.63, 3.8) is 0 Å². The molecule has 2 unspecified atom stereocenters. The first-order valence-corrected chi connectivity index (χ1v) is 4.92. The van der Waals surface area contributed by atoms with Crippen molar-refractivity contribution in [2.75, 3.05) is 19.6 Å². The molecule has 3 nitrogen and oxygen atoms in total. The molecule has 0 spiro atoms. The summed E-state index contributed by atoms with van der Waals surface area (Å²) >= 11 is 0. The second kappa shape index (κ2) is 4.38. The molecule has 1 aliphatic heterocycles. The summed E-state index contributed by atoms with van der Waals surface area (Å²) in [6.45, 7) is 4.11. The Bertz CT molecular complexity index is 242. The molecule has 2 atom stereocenters. The standard InChI is InChI=1S/C9H15F3N2O/c1-6-5-13-3-4-14(6)8(15)7(2)9(10,11)12/h6-7,13H,3-5H2,1-2H3. The number of halogens is 3. The Labute approximate surface area is 86.6 Å². The Morgan fingerprint density at radius 2 is 2.13 bits per heavy atom. The highest BCUT2D eigenvalue weighted by Gasteiger charge is 2.43. The SMILES string of the molecule is CC1CNCCN1C(=O)C(C)C(F)(F)F. The molecule has 0 bridgehead atoms. The summed E-state index contributed by atoms with van der Waals surface area (Å²) in [5, 5.41) is 3.02. The molecule has 1 N–H and O–H groups in total. The van der Waals surface area contributed by atoms with Crippen LogP contribution in [0.1, 0.15) is 13.8 Å². The normalized spacial score (nSPS) is 25.1. The van der Waals surface area contributed by atoms with Crippen molar-refractivity contribution in [1.29, 1.82) is 0 Å². The van der Waals surface area contributed by atoms with Crippen LogP contribution in [0.15, 0.2) is 0 Å². The maximum absolute atomic E-state index is 12.3. The Kier molecular flexibility index (Phi) is 3.59. The lowest BCUT2D eigenvalue weighted by atomic mass is 10.1. The number of hydrogen-bond donors (Lipinski definition) is 1. The fourth-order valence-corrected chi connectivity index (χ4v) is 1.56. The highest BCUT2D eigenvalue weighted by atomic mass is 19.4. The summed E-state index contributed by atoms with van der Waals surface area (Å²) in [6, 6.07) is -0.170. The van der Waals surface area contributed by atoms with Gasteiger partial charge in [-0.1, -0.05) is 0 Å². The first-order valence-electron chi connectivity index (χ1n) is 4.92. The third kappa shape index (κ3) is 2.84. The van der Waals surface area contributed by atoms with Crippen LogP contribution in [0.3, 0.4) is 0 Å². The maximum Gasteiger partial charge on any atom is 0.400 e. The fraction of sp³-hybridized carbons (Fsp3) is 0.889. The summed E-state index contributed by atoms with van der Waals surface area (Å²) < 4.78 is 37.0. The Morgan fingerprint density at radius 3 is 2.60 bits per heavy atom. The van der Waals surface area contributed by atoms with E-state index in [1.807, 2.05) is 0 Å². The molecule has 0 aliphatic carbocycles. The lowest BCUT2D eigenvalue weighted by molar-refractivity contribution is -0.187. The molecule has 1 aliphatic rings. The Morgan fingerprint density at radius 1 is 1.53 bits per heavy atom. The third-order valence-electron chi connectivity index (χ3n) is 2.65. The molecule has 1 saturated heterocycles. The fourth-order valence-electron chi connectivity index (χ4n) is 1.56. The molecule has 6 heteroatoms. The number of carbonyl (C=O) groups is 1. The van der Waals surface area contributed by atoms with Crippen molar-refractivity contribution < 1.29 is 18.0 Å². The molecular formula is C9H15F3N2O. The molecule has 88 valence electrons. The third-order valence-corrected chi connectivity index (χ3v) is 2.65. The van der Waals surface area contributed by atoms with Crippen LogP contribution < -0.4 is 5.32 Å². The molecule has 0 aromatic carbocycles. The molecule has 1 fully saturated rings. The zero-order chi connectivity index (χ0) is 11.6. The van der Waals surface area contributed by atoms with E-state index >= 15 is 0 Å². The highest BCUT2D eigenvalue weighted by Crippen LogP contribution is 2.28. The average molecular weight is 224 g/mol. The van der Waals surface area contributed by atoms with Gasteiger partial charge < -0.3 is 10.2 Å². The van der Waals surface area contributed by atoms with E-state index in [4.69, 9.17) is 0 Å². The van der Waals surface area contributed by atoms with Gasteiger partial charge in [-0.2, -0.15) is 13.2 Å². The first-order chi connectivity index (χ1) is 6.84. The second-order valence-corrected chi connectivity index (χ2v) is 3.85. The van der Waals surface area contributed by atoms with Crippen molar-refractivity contribution in [3.05, 3.63) is 0 Å². The van der Waals surface area contributed by atoms with Crippen LogP contribution in [0, 0.1) is 5.92 Å². The van der Waals surface area contributed by atoms with E-state index in [0.29, 0.717) is 19.6 Å². The topological polar surface area (TPSA) is 32.3 Å². The van der Waals surface area contributed by atoms with Gasteiger partial charge in [-0.05, 0) is 13.8 Å². The molecule has 0 saturated carbocycles. The number of nitrogens with one attached hydrogen (secondary N) is 1. The predicted molar refractivity (Wildman–Crippen MR) is 49.3 cm³/mol. The number of amides is 1. The van der Waals surface area contributed by atoms with Gasteiger partial charge in [0.1, 0.15) is 5.92 Å². The molecule has 1 amide bonds. The summed E-state index contributed by atoms with van der Waals surface area (Å²) in [6.07, 6.45) is -4.44. The van der Waals surface area contributed by atoms with Gasteiger partial charge in [0.2, 0.25) is 5.91 Å². The lowest BCUT2D eigenvalue weighted by Crippen LogP contribution is -2.55. The smallest absolute Gasteiger partial charge is 0.337 e. The van der Waals surface area contributed by atoms with E-state index in [2.05, 4.69) is 5.32 Å². The van der Waals surface area contributed by atoms with Gasteiger partial charge in [0.15, 0.2) is 0 Å². The number of alkyl halides is 3. The molecule has 0 aromatic rings. The van der Waals surface area contributed by atoms with Gasteiger partial charge in [-0.25, -0.2) is 0 Å². The van der Waals surface area contributed by atoms with Crippen molar-refractivity contribution >= 4 is 5.91 Å². The van der Waals surface area contributed by atoms with E-state index in [1.165, 1.54) is 4.90 Å². The van der Waals surface area contributed by atoms with Gasteiger partial charge in [0.25, 0.3) is 0 Å². The van der Waals surface area contributed by atoms with Gasteiger partial charge in [-0.3, -0.25) is 4.79 Å². The number of hydrogen-bond acceptors (Lipinski definition) is 2. The van der Waals surface area contributed by atoms with Crippen LogP contribution in [-0.4, -0.2) is 42.7 Å². The minimum absolute atomic E-state index is 0.170. The van der Waals surface area contributed by atoms with Gasteiger partial charge in [-0.15, -0.1) is 0 Å². The van der Waals surface area contributed by atoms with Crippen LogP contribution in [0.25, 0.3) is 0 Å². The number of carbonyl (C=O) groups excluding carboxylic acids is 1.